The van der Waals surface area contributed by atoms with E-state index in [0.29, 0.717) is 17.3 Å². The van der Waals surface area contributed by atoms with Gasteiger partial charge in [-0.2, -0.15) is 5.10 Å². The zero-order valence-electron chi connectivity index (χ0n) is 20.0. The summed E-state index contributed by atoms with van der Waals surface area (Å²) < 4.78 is 7.95. The van der Waals surface area contributed by atoms with Crippen molar-refractivity contribution in [3.63, 3.8) is 0 Å². The fourth-order valence-electron chi connectivity index (χ4n) is 4.14. The van der Waals surface area contributed by atoms with Gasteiger partial charge in [-0.25, -0.2) is 0 Å². The number of nitrogens with one attached hydrogen (secondary N) is 1. The van der Waals surface area contributed by atoms with Crippen LogP contribution in [0, 0.1) is 0 Å². The fraction of sp³-hybridized carbons (Fsp3) is 0.346. The summed E-state index contributed by atoms with van der Waals surface area (Å²) in [5, 5.41) is 7.91. The second-order valence-electron chi connectivity index (χ2n) is 8.60. The van der Waals surface area contributed by atoms with Crippen LogP contribution in [0.15, 0.2) is 54.7 Å². The van der Waals surface area contributed by atoms with E-state index in [-0.39, 0.29) is 18.2 Å². The molecule has 2 amide bonds. The summed E-state index contributed by atoms with van der Waals surface area (Å²) in [6, 6.07) is 14.8. The van der Waals surface area contributed by atoms with E-state index in [1.807, 2.05) is 48.3 Å². The molecule has 2 heterocycles. The van der Waals surface area contributed by atoms with Gasteiger partial charge in [0.25, 0.3) is 0 Å². The van der Waals surface area contributed by atoms with Crippen molar-refractivity contribution in [2.24, 2.45) is 7.05 Å². The Kier molecular flexibility index (Phi) is 8.05. The molecule has 1 N–H and O–H groups in total. The smallest absolute Gasteiger partial charge is 0.228 e. The molecule has 1 fully saturated rings. The molecule has 0 spiro atoms. The predicted octanol–water partition coefficient (Wildman–Crippen LogP) is 3.46. The molecule has 0 radical (unpaired) electrons. The van der Waals surface area contributed by atoms with Crippen molar-refractivity contribution < 1.29 is 14.3 Å². The Morgan fingerprint density at radius 1 is 1.06 bits per heavy atom. The third kappa shape index (κ3) is 6.61. The van der Waals surface area contributed by atoms with Crippen LogP contribution in [0.2, 0.25) is 5.02 Å². The number of anilines is 1. The monoisotopic (exact) mass is 495 g/mol. The van der Waals surface area contributed by atoms with Crippen LogP contribution >= 0.6 is 11.6 Å². The fourth-order valence-corrected chi connectivity index (χ4v) is 4.26. The van der Waals surface area contributed by atoms with E-state index in [0.717, 1.165) is 55.3 Å². The third-order valence-corrected chi connectivity index (χ3v) is 6.37. The van der Waals surface area contributed by atoms with Crippen molar-refractivity contribution >= 4 is 29.1 Å². The molecule has 0 atom stereocenters. The number of rotatable bonds is 8. The number of piperazine rings is 1. The standard InChI is InChI=1S/C26H30ClN5O3/c1-19(33)32-13-11-31(12-14-32)15-16-35-25-8-7-22(18-23(25)24-9-10-28-30(24)2)29-26(34)17-20-3-5-21(27)6-4-20/h3-10,18H,11-17H2,1-2H3,(H,29,34). The second kappa shape index (κ2) is 11.4. The van der Waals surface area contributed by atoms with Crippen LogP contribution in [-0.4, -0.2) is 70.7 Å². The quantitative estimate of drug-likeness (QED) is 0.517. The number of nitrogens with zero attached hydrogens (tertiary/aromatic N) is 4. The van der Waals surface area contributed by atoms with E-state index >= 15 is 0 Å². The number of benzene rings is 2. The SMILES string of the molecule is CC(=O)N1CCN(CCOc2ccc(NC(=O)Cc3ccc(Cl)cc3)cc2-c2ccnn2C)CC1. The Hall–Kier alpha value is -3.36. The van der Waals surface area contributed by atoms with Crippen molar-refractivity contribution in [3.05, 3.63) is 65.3 Å². The van der Waals surface area contributed by atoms with E-state index in [1.165, 1.54) is 0 Å². The number of carbonyl (C=O) groups excluding carboxylic acids is 2. The maximum absolute atomic E-state index is 12.6. The van der Waals surface area contributed by atoms with E-state index in [9.17, 15) is 9.59 Å². The van der Waals surface area contributed by atoms with Crippen LogP contribution in [-0.2, 0) is 23.1 Å². The summed E-state index contributed by atoms with van der Waals surface area (Å²) >= 11 is 5.93. The molecule has 4 rings (SSSR count). The van der Waals surface area contributed by atoms with Gasteiger partial charge in [0.2, 0.25) is 11.8 Å². The van der Waals surface area contributed by atoms with Crippen LogP contribution in [0.5, 0.6) is 5.75 Å². The first-order chi connectivity index (χ1) is 16.9. The lowest BCUT2D eigenvalue weighted by Crippen LogP contribution is -2.48. The normalized spacial score (nSPS) is 14.1. The van der Waals surface area contributed by atoms with E-state index in [4.69, 9.17) is 16.3 Å². The van der Waals surface area contributed by atoms with Crippen LogP contribution in [0.1, 0.15) is 12.5 Å². The highest BCUT2D eigenvalue weighted by molar-refractivity contribution is 6.30. The van der Waals surface area contributed by atoms with Crippen molar-refractivity contribution in [1.29, 1.82) is 0 Å². The summed E-state index contributed by atoms with van der Waals surface area (Å²) in [5.74, 6) is 0.746. The number of amides is 2. The lowest BCUT2D eigenvalue weighted by Gasteiger charge is -2.34. The van der Waals surface area contributed by atoms with Gasteiger partial charge in [0.1, 0.15) is 12.4 Å². The summed E-state index contributed by atoms with van der Waals surface area (Å²) in [5.41, 5.74) is 3.33. The minimum Gasteiger partial charge on any atom is -0.492 e. The van der Waals surface area contributed by atoms with Gasteiger partial charge in [0.15, 0.2) is 0 Å². The molecule has 1 aliphatic rings. The Morgan fingerprint density at radius 3 is 2.46 bits per heavy atom. The summed E-state index contributed by atoms with van der Waals surface area (Å²) in [4.78, 5) is 28.3. The molecule has 35 heavy (non-hydrogen) atoms. The molecule has 8 nitrogen and oxygen atoms in total. The van der Waals surface area contributed by atoms with Gasteiger partial charge >= 0.3 is 0 Å². The van der Waals surface area contributed by atoms with E-state index < -0.39 is 0 Å². The molecule has 1 saturated heterocycles. The van der Waals surface area contributed by atoms with Crippen molar-refractivity contribution in [1.82, 2.24) is 19.6 Å². The lowest BCUT2D eigenvalue weighted by atomic mass is 10.1. The van der Waals surface area contributed by atoms with Gasteiger partial charge in [0.05, 0.1) is 12.1 Å². The highest BCUT2D eigenvalue weighted by atomic mass is 35.5. The Labute approximate surface area is 210 Å². The van der Waals surface area contributed by atoms with Crippen LogP contribution in [0.3, 0.4) is 0 Å². The number of carbonyl (C=O) groups is 2. The lowest BCUT2D eigenvalue weighted by molar-refractivity contribution is -0.130. The zero-order chi connectivity index (χ0) is 24.8. The molecule has 3 aromatic rings. The Balaban J connectivity index is 1.41. The average Bonchev–Trinajstić information content (AvgIpc) is 3.27. The van der Waals surface area contributed by atoms with Gasteiger partial charge in [0, 0.05) is 69.2 Å². The number of ether oxygens (including phenoxy) is 1. The first-order valence-electron chi connectivity index (χ1n) is 11.7. The van der Waals surface area contributed by atoms with Crippen molar-refractivity contribution in [2.45, 2.75) is 13.3 Å². The van der Waals surface area contributed by atoms with Crippen LogP contribution in [0.4, 0.5) is 5.69 Å². The Morgan fingerprint density at radius 2 is 1.80 bits per heavy atom. The summed E-state index contributed by atoms with van der Waals surface area (Å²) in [7, 11) is 1.87. The average molecular weight is 496 g/mol. The van der Waals surface area contributed by atoms with Crippen LogP contribution < -0.4 is 10.1 Å². The molecule has 0 unspecified atom stereocenters. The first kappa shape index (κ1) is 24.8. The molecule has 0 bridgehead atoms. The van der Waals surface area contributed by atoms with Gasteiger partial charge < -0.3 is 15.0 Å². The zero-order valence-corrected chi connectivity index (χ0v) is 20.8. The molecule has 1 aromatic heterocycles. The maximum atomic E-state index is 12.6. The van der Waals surface area contributed by atoms with Gasteiger partial charge in [-0.3, -0.25) is 19.2 Å². The van der Waals surface area contributed by atoms with Crippen molar-refractivity contribution in [3.8, 4) is 17.0 Å². The second-order valence-corrected chi connectivity index (χ2v) is 9.04. The minimum absolute atomic E-state index is 0.110. The van der Waals surface area contributed by atoms with E-state index in [1.54, 1.807) is 29.9 Å². The number of hydrogen-bond acceptors (Lipinski definition) is 5. The molecule has 1 aliphatic heterocycles. The minimum atomic E-state index is -0.110. The first-order valence-corrected chi connectivity index (χ1v) is 12.0. The topological polar surface area (TPSA) is 79.7 Å². The third-order valence-electron chi connectivity index (χ3n) is 6.12. The molecular formula is C26H30ClN5O3. The van der Waals surface area contributed by atoms with Gasteiger partial charge in [-0.15, -0.1) is 0 Å². The Bertz CT molecular complexity index is 1170. The number of aromatic nitrogens is 2. The number of halogens is 1. The maximum Gasteiger partial charge on any atom is 0.228 e. The largest absolute Gasteiger partial charge is 0.492 e. The highest BCUT2D eigenvalue weighted by Gasteiger charge is 2.19. The number of hydrogen-bond donors (Lipinski definition) is 1. The highest BCUT2D eigenvalue weighted by Crippen LogP contribution is 2.32. The summed E-state index contributed by atoms with van der Waals surface area (Å²) in [6.45, 7) is 6.10. The molecule has 0 aliphatic carbocycles. The molecule has 2 aromatic carbocycles. The number of aryl methyl sites for hydroxylation is 1. The molecule has 0 saturated carbocycles. The van der Waals surface area contributed by atoms with Crippen molar-refractivity contribution in [2.75, 3.05) is 44.6 Å². The predicted molar refractivity (Wildman–Crippen MR) is 137 cm³/mol. The molecule has 9 heteroatoms. The molecular weight excluding hydrogens is 466 g/mol. The van der Waals surface area contributed by atoms with E-state index in [2.05, 4.69) is 15.3 Å². The summed E-state index contributed by atoms with van der Waals surface area (Å²) in [6.07, 6.45) is 1.99. The van der Waals surface area contributed by atoms with Gasteiger partial charge in [-0.05, 0) is 42.0 Å². The van der Waals surface area contributed by atoms with Gasteiger partial charge in [-0.1, -0.05) is 23.7 Å². The van der Waals surface area contributed by atoms with Crippen LogP contribution in [0.25, 0.3) is 11.3 Å². The molecule has 184 valence electrons.